The topological polar surface area (TPSA) is 46.2 Å². The van der Waals surface area contributed by atoms with Crippen molar-refractivity contribution in [3.05, 3.63) is 95.6 Å². The number of hydrogen-bond donors (Lipinski definition) is 1. The van der Waals surface area contributed by atoms with E-state index in [9.17, 15) is 9.59 Å². The third kappa shape index (κ3) is 4.70. The van der Waals surface area contributed by atoms with Crippen molar-refractivity contribution in [3.8, 4) is 11.1 Å². The van der Waals surface area contributed by atoms with Gasteiger partial charge in [-0.15, -0.1) is 0 Å². The van der Waals surface area contributed by atoms with Crippen LogP contribution in [-0.2, 0) is 11.2 Å². The number of rotatable bonds is 7. The quantitative estimate of drug-likeness (QED) is 0.627. The Hall–Kier alpha value is -3.20. The van der Waals surface area contributed by atoms with Gasteiger partial charge >= 0.3 is 0 Å². The molecule has 0 fully saturated rings. The number of amides is 1. The number of nitrogens with one attached hydrogen (secondary N) is 1. The molecule has 0 heterocycles. The molecular weight excluding hydrogens is 334 g/mol. The molecule has 0 spiro atoms. The van der Waals surface area contributed by atoms with Gasteiger partial charge in [0.25, 0.3) is 0 Å². The minimum atomic E-state index is -0.398. The van der Waals surface area contributed by atoms with E-state index in [1.54, 1.807) is 6.07 Å². The lowest BCUT2D eigenvalue weighted by atomic mass is 9.91. The van der Waals surface area contributed by atoms with Crippen LogP contribution in [0.25, 0.3) is 11.1 Å². The zero-order valence-electron chi connectivity index (χ0n) is 15.4. The predicted octanol–water partition coefficient (Wildman–Crippen LogP) is 4.63. The highest BCUT2D eigenvalue weighted by Gasteiger charge is 2.19. The van der Waals surface area contributed by atoms with E-state index in [4.69, 9.17) is 0 Å². The van der Waals surface area contributed by atoms with E-state index in [1.165, 1.54) is 5.56 Å². The molecule has 0 saturated carbocycles. The molecule has 3 nitrogen and oxygen atoms in total. The maximum absolute atomic E-state index is 12.6. The fourth-order valence-corrected chi connectivity index (χ4v) is 3.14. The number of carbonyl (C=O) groups excluding carboxylic acids is 2. The normalized spacial score (nSPS) is 11.6. The first-order valence-electron chi connectivity index (χ1n) is 9.15. The molecule has 1 N–H and O–H groups in total. The second-order valence-corrected chi connectivity index (χ2v) is 6.58. The molecule has 0 aliphatic carbocycles. The molecule has 0 aliphatic heterocycles. The highest BCUT2D eigenvalue weighted by Crippen LogP contribution is 2.26. The van der Waals surface area contributed by atoms with Gasteiger partial charge in [0.1, 0.15) is 6.29 Å². The maximum Gasteiger partial charge on any atom is 0.227 e. The lowest BCUT2D eigenvalue weighted by Crippen LogP contribution is -2.30. The van der Waals surface area contributed by atoms with Crippen molar-refractivity contribution in [3.63, 3.8) is 0 Å². The van der Waals surface area contributed by atoms with Crippen molar-refractivity contribution in [2.75, 3.05) is 6.54 Å². The summed E-state index contributed by atoms with van der Waals surface area (Å²) in [7, 11) is 0. The van der Waals surface area contributed by atoms with Gasteiger partial charge in [-0.25, -0.2) is 0 Å². The average molecular weight is 357 g/mol. The standard InChI is InChI=1S/C24H23NO2/c1-18(24(27)25-15-14-19-8-4-2-5-9-19)23-16-21(12-13-22(23)17-26)20-10-6-3-7-11-20/h2-13,16-18H,14-15H2,1H3,(H,25,27). The molecule has 27 heavy (non-hydrogen) atoms. The van der Waals surface area contributed by atoms with Crippen molar-refractivity contribution in [2.45, 2.75) is 19.3 Å². The summed E-state index contributed by atoms with van der Waals surface area (Å²) in [4.78, 5) is 24.1. The number of carbonyl (C=O) groups is 2. The van der Waals surface area contributed by atoms with Gasteiger partial charge in [-0.2, -0.15) is 0 Å². The van der Waals surface area contributed by atoms with Crippen molar-refractivity contribution >= 4 is 12.2 Å². The number of aldehydes is 1. The molecule has 3 aromatic carbocycles. The van der Waals surface area contributed by atoms with Gasteiger partial charge in [0.2, 0.25) is 5.91 Å². The summed E-state index contributed by atoms with van der Waals surface area (Å²) in [6.07, 6.45) is 1.60. The highest BCUT2D eigenvalue weighted by atomic mass is 16.1. The smallest absolute Gasteiger partial charge is 0.227 e. The fraction of sp³-hybridized carbons (Fsp3) is 0.167. The second-order valence-electron chi connectivity index (χ2n) is 6.58. The minimum absolute atomic E-state index is 0.0701. The van der Waals surface area contributed by atoms with E-state index < -0.39 is 5.92 Å². The Kier molecular flexibility index (Phi) is 6.16. The van der Waals surface area contributed by atoms with Crippen molar-refractivity contribution in [1.29, 1.82) is 0 Å². The Balaban J connectivity index is 1.73. The molecule has 3 aromatic rings. The number of benzene rings is 3. The van der Waals surface area contributed by atoms with Gasteiger partial charge in [0.15, 0.2) is 0 Å². The van der Waals surface area contributed by atoms with Gasteiger partial charge < -0.3 is 5.32 Å². The molecule has 3 rings (SSSR count). The van der Waals surface area contributed by atoms with Crippen LogP contribution in [0.4, 0.5) is 0 Å². The lowest BCUT2D eigenvalue weighted by molar-refractivity contribution is -0.122. The Labute approximate surface area is 160 Å². The van der Waals surface area contributed by atoms with E-state index in [-0.39, 0.29) is 5.91 Å². The largest absolute Gasteiger partial charge is 0.355 e. The predicted molar refractivity (Wildman–Crippen MR) is 109 cm³/mol. The molecule has 1 amide bonds. The lowest BCUT2D eigenvalue weighted by Gasteiger charge is -2.16. The van der Waals surface area contributed by atoms with Gasteiger partial charge in [0, 0.05) is 12.1 Å². The first-order chi connectivity index (χ1) is 13.2. The van der Waals surface area contributed by atoms with Crippen LogP contribution >= 0.6 is 0 Å². The Morgan fingerprint density at radius 1 is 0.926 bits per heavy atom. The van der Waals surface area contributed by atoms with Crippen LogP contribution in [0, 0.1) is 0 Å². The van der Waals surface area contributed by atoms with E-state index in [0.29, 0.717) is 12.1 Å². The molecule has 1 unspecified atom stereocenters. The van der Waals surface area contributed by atoms with Crippen molar-refractivity contribution in [1.82, 2.24) is 5.32 Å². The Morgan fingerprint density at radius 2 is 1.59 bits per heavy atom. The van der Waals surface area contributed by atoms with Gasteiger partial charge in [0.05, 0.1) is 5.92 Å². The summed E-state index contributed by atoms with van der Waals surface area (Å²) in [5.74, 6) is -0.469. The summed E-state index contributed by atoms with van der Waals surface area (Å²) < 4.78 is 0. The van der Waals surface area contributed by atoms with Crippen LogP contribution in [0.15, 0.2) is 78.9 Å². The first-order valence-corrected chi connectivity index (χ1v) is 9.15. The van der Waals surface area contributed by atoms with Crippen LogP contribution in [-0.4, -0.2) is 18.7 Å². The van der Waals surface area contributed by atoms with E-state index in [2.05, 4.69) is 5.32 Å². The van der Waals surface area contributed by atoms with Crippen LogP contribution in [0.3, 0.4) is 0 Å². The molecule has 136 valence electrons. The van der Waals surface area contributed by atoms with Crippen LogP contribution in [0.5, 0.6) is 0 Å². The monoisotopic (exact) mass is 357 g/mol. The molecule has 0 bridgehead atoms. The molecule has 3 heteroatoms. The highest BCUT2D eigenvalue weighted by molar-refractivity contribution is 5.88. The summed E-state index contributed by atoms with van der Waals surface area (Å²) in [6, 6.07) is 25.7. The molecule has 0 saturated heterocycles. The fourth-order valence-electron chi connectivity index (χ4n) is 3.14. The Morgan fingerprint density at radius 3 is 2.26 bits per heavy atom. The Bertz CT molecular complexity index is 904. The molecule has 0 aliphatic rings. The SMILES string of the molecule is CC(C(=O)NCCc1ccccc1)c1cc(-c2ccccc2)ccc1C=O. The first kappa shape index (κ1) is 18.6. The maximum atomic E-state index is 12.6. The van der Waals surface area contributed by atoms with Crippen LogP contribution in [0.2, 0.25) is 0 Å². The molecule has 1 atom stereocenters. The van der Waals surface area contributed by atoms with Crippen LogP contribution < -0.4 is 5.32 Å². The number of hydrogen-bond acceptors (Lipinski definition) is 2. The third-order valence-corrected chi connectivity index (χ3v) is 4.74. The van der Waals surface area contributed by atoms with Gasteiger partial charge in [-0.05, 0) is 41.7 Å². The molecule has 0 aromatic heterocycles. The zero-order valence-corrected chi connectivity index (χ0v) is 15.4. The van der Waals surface area contributed by atoms with E-state index in [0.717, 1.165) is 29.4 Å². The minimum Gasteiger partial charge on any atom is -0.355 e. The molecule has 0 radical (unpaired) electrons. The summed E-state index contributed by atoms with van der Waals surface area (Å²) in [5.41, 5.74) is 4.56. The summed E-state index contributed by atoms with van der Waals surface area (Å²) >= 11 is 0. The van der Waals surface area contributed by atoms with E-state index >= 15 is 0 Å². The van der Waals surface area contributed by atoms with Crippen molar-refractivity contribution in [2.24, 2.45) is 0 Å². The van der Waals surface area contributed by atoms with Gasteiger partial charge in [-0.1, -0.05) is 72.8 Å². The van der Waals surface area contributed by atoms with E-state index in [1.807, 2.05) is 79.7 Å². The van der Waals surface area contributed by atoms with Crippen LogP contribution in [0.1, 0.15) is 34.3 Å². The third-order valence-electron chi connectivity index (χ3n) is 4.74. The molecular formula is C24H23NO2. The summed E-state index contributed by atoms with van der Waals surface area (Å²) in [5, 5.41) is 2.99. The van der Waals surface area contributed by atoms with Gasteiger partial charge in [-0.3, -0.25) is 9.59 Å². The second kappa shape index (κ2) is 8.95. The van der Waals surface area contributed by atoms with Crippen molar-refractivity contribution < 1.29 is 9.59 Å². The average Bonchev–Trinajstić information content (AvgIpc) is 2.74. The zero-order chi connectivity index (χ0) is 19.1. The summed E-state index contributed by atoms with van der Waals surface area (Å²) in [6.45, 7) is 2.41.